The number of hydrogen-bond acceptors (Lipinski definition) is 3. The standard InChI is InChI=1S/C12H10ClFN2OS/c1-7-11(14)12(17)16-10(15-7)6-18-9-4-2-3-8(13)5-9/h2-5H,6H2,1H3,(H,15,16,17). The number of hydrogen-bond donors (Lipinski definition) is 1. The minimum atomic E-state index is -0.827. The van der Waals surface area contributed by atoms with E-state index in [0.29, 0.717) is 16.6 Å². The van der Waals surface area contributed by atoms with Gasteiger partial charge in [0.05, 0.1) is 11.4 Å². The van der Waals surface area contributed by atoms with Gasteiger partial charge in [-0.3, -0.25) is 4.79 Å². The van der Waals surface area contributed by atoms with Crippen LogP contribution in [-0.4, -0.2) is 9.97 Å². The van der Waals surface area contributed by atoms with Crippen LogP contribution in [-0.2, 0) is 5.75 Å². The summed E-state index contributed by atoms with van der Waals surface area (Å²) in [5.74, 6) is 0.0758. The molecular formula is C12H10ClFN2OS. The van der Waals surface area contributed by atoms with Gasteiger partial charge in [0.15, 0.2) is 0 Å². The Morgan fingerprint density at radius 1 is 1.50 bits per heavy atom. The maximum atomic E-state index is 13.1. The first kappa shape index (κ1) is 13.1. The molecule has 0 aliphatic carbocycles. The minimum absolute atomic E-state index is 0.112. The van der Waals surface area contributed by atoms with Crippen molar-refractivity contribution >= 4 is 23.4 Å². The van der Waals surface area contributed by atoms with E-state index in [2.05, 4.69) is 9.97 Å². The molecule has 0 atom stereocenters. The summed E-state index contributed by atoms with van der Waals surface area (Å²) in [5, 5.41) is 0.650. The second kappa shape index (κ2) is 5.54. The Bertz CT molecular complexity index is 630. The molecule has 0 saturated carbocycles. The number of rotatable bonds is 3. The summed E-state index contributed by atoms with van der Waals surface area (Å²) in [5.41, 5.74) is -0.621. The lowest BCUT2D eigenvalue weighted by atomic mass is 10.4. The molecule has 0 radical (unpaired) electrons. The minimum Gasteiger partial charge on any atom is -0.307 e. The average molecular weight is 285 g/mol. The number of aryl methyl sites for hydroxylation is 1. The highest BCUT2D eigenvalue weighted by molar-refractivity contribution is 7.98. The quantitative estimate of drug-likeness (QED) is 0.881. The van der Waals surface area contributed by atoms with Crippen molar-refractivity contribution < 1.29 is 4.39 Å². The Hall–Kier alpha value is -1.33. The van der Waals surface area contributed by atoms with E-state index in [1.54, 1.807) is 6.07 Å². The zero-order valence-corrected chi connectivity index (χ0v) is 11.1. The van der Waals surface area contributed by atoms with E-state index < -0.39 is 11.4 Å². The van der Waals surface area contributed by atoms with Crippen LogP contribution in [0.5, 0.6) is 0 Å². The van der Waals surface area contributed by atoms with Gasteiger partial charge in [-0.2, -0.15) is 4.39 Å². The third-order valence-electron chi connectivity index (χ3n) is 2.25. The average Bonchev–Trinajstić information content (AvgIpc) is 2.33. The molecule has 94 valence electrons. The summed E-state index contributed by atoms with van der Waals surface area (Å²) >= 11 is 7.33. The van der Waals surface area contributed by atoms with Gasteiger partial charge in [0.25, 0.3) is 5.56 Å². The Labute approximate surface area is 112 Å². The summed E-state index contributed by atoms with van der Waals surface area (Å²) < 4.78 is 13.1. The molecule has 0 aliphatic heterocycles. The van der Waals surface area contributed by atoms with Gasteiger partial charge in [-0.15, -0.1) is 11.8 Å². The number of aromatic nitrogens is 2. The van der Waals surface area contributed by atoms with Gasteiger partial charge in [0.2, 0.25) is 5.82 Å². The van der Waals surface area contributed by atoms with Crippen molar-refractivity contribution in [2.75, 3.05) is 0 Å². The summed E-state index contributed by atoms with van der Waals surface area (Å²) in [6.07, 6.45) is 0. The van der Waals surface area contributed by atoms with Crippen LogP contribution >= 0.6 is 23.4 Å². The third kappa shape index (κ3) is 3.11. The van der Waals surface area contributed by atoms with Crippen LogP contribution in [0.15, 0.2) is 34.0 Å². The lowest BCUT2D eigenvalue weighted by molar-refractivity contribution is 0.584. The fraction of sp³-hybridized carbons (Fsp3) is 0.167. The van der Waals surface area contributed by atoms with E-state index in [1.807, 2.05) is 18.2 Å². The first-order valence-corrected chi connectivity index (χ1v) is 6.56. The van der Waals surface area contributed by atoms with Crippen LogP contribution in [0.1, 0.15) is 11.5 Å². The van der Waals surface area contributed by atoms with Crippen molar-refractivity contribution in [1.29, 1.82) is 0 Å². The van der Waals surface area contributed by atoms with Crippen molar-refractivity contribution in [3.8, 4) is 0 Å². The lowest BCUT2D eigenvalue weighted by Crippen LogP contribution is -2.16. The topological polar surface area (TPSA) is 45.8 Å². The Morgan fingerprint density at radius 2 is 2.28 bits per heavy atom. The van der Waals surface area contributed by atoms with Crippen LogP contribution in [0.4, 0.5) is 4.39 Å². The summed E-state index contributed by atoms with van der Waals surface area (Å²) in [6, 6.07) is 7.36. The van der Waals surface area contributed by atoms with Crippen molar-refractivity contribution in [1.82, 2.24) is 9.97 Å². The van der Waals surface area contributed by atoms with Crippen molar-refractivity contribution in [2.45, 2.75) is 17.6 Å². The monoisotopic (exact) mass is 284 g/mol. The molecule has 0 amide bonds. The van der Waals surface area contributed by atoms with Crippen LogP contribution < -0.4 is 5.56 Å². The number of thioether (sulfide) groups is 1. The summed E-state index contributed by atoms with van der Waals surface area (Å²) in [7, 11) is 0. The smallest absolute Gasteiger partial charge is 0.287 e. The van der Waals surface area contributed by atoms with Crippen LogP contribution in [0, 0.1) is 12.7 Å². The number of nitrogens with zero attached hydrogens (tertiary/aromatic N) is 1. The Kier molecular flexibility index (Phi) is 4.04. The van der Waals surface area contributed by atoms with Crippen molar-refractivity contribution in [3.05, 3.63) is 57.0 Å². The molecule has 0 unspecified atom stereocenters. The van der Waals surface area contributed by atoms with Gasteiger partial charge in [-0.05, 0) is 25.1 Å². The van der Waals surface area contributed by atoms with E-state index in [1.165, 1.54) is 18.7 Å². The largest absolute Gasteiger partial charge is 0.307 e. The molecule has 0 fully saturated rings. The van der Waals surface area contributed by atoms with E-state index in [-0.39, 0.29) is 5.69 Å². The second-order valence-corrected chi connectivity index (χ2v) is 5.14. The van der Waals surface area contributed by atoms with Gasteiger partial charge < -0.3 is 4.98 Å². The first-order chi connectivity index (χ1) is 8.56. The second-order valence-electron chi connectivity index (χ2n) is 3.66. The molecule has 6 heteroatoms. The number of H-pyrrole nitrogens is 1. The lowest BCUT2D eigenvalue weighted by Gasteiger charge is -2.03. The zero-order chi connectivity index (χ0) is 13.1. The van der Waals surface area contributed by atoms with Crippen molar-refractivity contribution in [3.63, 3.8) is 0 Å². The predicted molar refractivity (Wildman–Crippen MR) is 70.6 cm³/mol. The highest BCUT2D eigenvalue weighted by atomic mass is 35.5. The molecule has 3 nitrogen and oxygen atoms in total. The number of nitrogens with one attached hydrogen (secondary N) is 1. The van der Waals surface area contributed by atoms with E-state index in [9.17, 15) is 9.18 Å². The fourth-order valence-corrected chi connectivity index (χ4v) is 2.49. The third-order valence-corrected chi connectivity index (χ3v) is 3.49. The molecule has 18 heavy (non-hydrogen) atoms. The Morgan fingerprint density at radius 3 is 2.94 bits per heavy atom. The molecule has 0 aliphatic rings. The van der Waals surface area contributed by atoms with Gasteiger partial charge in [0.1, 0.15) is 5.82 Å². The molecule has 1 heterocycles. The molecule has 0 spiro atoms. The molecule has 2 rings (SSSR count). The molecule has 1 N–H and O–H groups in total. The molecule has 2 aromatic rings. The number of halogens is 2. The van der Waals surface area contributed by atoms with Gasteiger partial charge >= 0.3 is 0 Å². The molecule has 0 bridgehead atoms. The zero-order valence-electron chi connectivity index (χ0n) is 9.54. The van der Waals surface area contributed by atoms with E-state index >= 15 is 0 Å². The predicted octanol–water partition coefficient (Wildman–Crippen LogP) is 3.16. The summed E-state index contributed by atoms with van der Waals surface area (Å²) in [6.45, 7) is 1.47. The Balaban J connectivity index is 2.14. The van der Waals surface area contributed by atoms with Gasteiger partial charge in [0, 0.05) is 9.92 Å². The van der Waals surface area contributed by atoms with Crippen LogP contribution in [0.25, 0.3) is 0 Å². The highest BCUT2D eigenvalue weighted by Gasteiger charge is 2.07. The van der Waals surface area contributed by atoms with Crippen LogP contribution in [0.3, 0.4) is 0 Å². The first-order valence-electron chi connectivity index (χ1n) is 5.20. The normalized spacial score (nSPS) is 10.6. The maximum absolute atomic E-state index is 13.1. The number of aromatic amines is 1. The number of benzene rings is 1. The summed E-state index contributed by atoms with van der Waals surface area (Å²) in [4.78, 5) is 18.6. The van der Waals surface area contributed by atoms with Gasteiger partial charge in [-0.25, -0.2) is 4.98 Å². The van der Waals surface area contributed by atoms with E-state index in [4.69, 9.17) is 11.6 Å². The van der Waals surface area contributed by atoms with Crippen molar-refractivity contribution in [2.24, 2.45) is 0 Å². The maximum Gasteiger partial charge on any atom is 0.287 e. The molecular weight excluding hydrogens is 275 g/mol. The highest BCUT2D eigenvalue weighted by Crippen LogP contribution is 2.23. The molecule has 0 saturated heterocycles. The van der Waals surface area contributed by atoms with Crippen LogP contribution in [0.2, 0.25) is 5.02 Å². The van der Waals surface area contributed by atoms with Gasteiger partial charge in [-0.1, -0.05) is 17.7 Å². The fourth-order valence-electron chi connectivity index (χ4n) is 1.41. The van der Waals surface area contributed by atoms with E-state index in [0.717, 1.165) is 4.90 Å². The molecule has 1 aromatic carbocycles. The molecule has 1 aromatic heterocycles. The SMILES string of the molecule is Cc1nc(CSc2cccc(Cl)c2)[nH]c(=O)c1F.